The van der Waals surface area contributed by atoms with Crippen LogP contribution in [0, 0.1) is 0 Å². The van der Waals surface area contributed by atoms with Crippen molar-refractivity contribution in [3.05, 3.63) is 64.7 Å². The molecule has 1 atom stereocenters. The first kappa shape index (κ1) is 20.3. The molecule has 1 N–H and O–H groups in total. The lowest BCUT2D eigenvalue weighted by atomic mass is 10.1. The molecule has 9 heteroatoms. The Labute approximate surface area is 153 Å². The Morgan fingerprint density at radius 1 is 1.12 bits per heavy atom. The quantitative estimate of drug-likeness (QED) is 0.806. The second-order valence-corrected chi connectivity index (χ2v) is 8.36. The summed E-state index contributed by atoms with van der Waals surface area (Å²) in [5.41, 5.74) is -1.10. The summed E-state index contributed by atoms with van der Waals surface area (Å²) >= 11 is 5.72. The summed E-state index contributed by atoms with van der Waals surface area (Å²) in [6.45, 7) is 1.14. The van der Waals surface area contributed by atoms with Crippen molar-refractivity contribution < 1.29 is 26.4 Å². The fourth-order valence-corrected chi connectivity index (χ4v) is 3.65. The van der Waals surface area contributed by atoms with Crippen LogP contribution < -0.4 is 5.32 Å². The van der Waals surface area contributed by atoms with Gasteiger partial charge in [0.25, 0.3) is 0 Å². The highest BCUT2D eigenvalue weighted by Gasteiger charge is 2.36. The summed E-state index contributed by atoms with van der Waals surface area (Å²) in [5.74, 6) is -1.73. The second kappa shape index (κ2) is 7.67. The molecule has 2 aromatic rings. The van der Waals surface area contributed by atoms with E-state index in [2.05, 4.69) is 5.32 Å². The number of alkyl halides is 3. The molecule has 0 radical (unpaired) electrons. The Balaban J connectivity index is 2.19. The van der Waals surface area contributed by atoms with E-state index in [-0.39, 0.29) is 0 Å². The highest BCUT2D eigenvalue weighted by Crippen LogP contribution is 2.33. The van der Waals surface area contributed by atoms with Crippen LogP contribution >= 0.6 is 11.6 Å². The molecule has 2 rings (SSSR count). The molecule has 0 aliphatic carbocycles. The van der Waals surface area contributed by atoms with Crippen molar-refractivity contribution in [3.63, 3.8) is 0 Å². The lowest BCUT2D eigenvalue weighted by Gasteiger charge is -2.16. The Hall–Kier alpha value is -2.06. The minimum atomic E-state index is -4.68. The zero-order chi connectivity index (χ0) is 19.5. The van der Waals surface area contributed by atoms with Crippen LogP contribution in [0.3, 0.4) is 0 Å². The smallest absolute Gasteiger partial charge is 0.325 e. The summed E-state index contributed by atoms with van der Waals surface area (Å²) in [6, 6.07) is 10.4. The topological polar surface area (TPSA) is 63.2 Å². The normalized spacial score (nSPS) is 13.3. The van der Waals surface area contributed by atoms with E-state index in [9.17, 15) is 26.4 Å². The molecule has 0 bridgehead atoms. The monoisotopic (exact) mass is 405 g/mol. The molecule has 26 heavy (non-hydrogen) atoms. The fraction of sp³-hybridized carbons (Fsp3) is 0.235. The van der Waals surface area contributed by atoms with Crippen LogP contribution in [-0.2, 0) is 26.6 Å². The number of sulfone groups is 1. The van der Waals surface area contributed by atoms with Crippen LogP contribution in [0.4, 0.5) is 18.9 Å². The standard InChI is InChI=1S/C17H15ClF3NO3S/c1-11(16(23)22-14-8-6-13(18)7-9-14)26(24,25)10-12-4-2-3-5-15(12)17(19,20)21/h2-9,11H,10H2,1H3,(H,22,23)/t11-/m0/s1. The van der Waals surface area contributed by atoms with Gasteiger partial charge in [-0.05, 0) is 42.8 Å². The number of carbonyl (C=O) groups is 1. The van der Waals surface area contributed by atoms with Gasteiger partial charge >= 0.3 is 6.18 Å². The van der Waals surface area contributed by atoms with E-state index in [1.54, 1.807) is 0 Å². The van der Waals surface area contributed by atoms with Crippen molar-refractivity contribution in [1.82, 2.24) is 0 Å². The first-order valence-corrected chi connectivity index (χ1v) is 9.53. The summed E-state index contributed by atoms with van der Waals surface area (Å²) in [5, 5.41) is 1.32. The minimum Gasteiger partial charge on any atom is -0.325 e. The highest BCUT2D eigenvalue weighted by molar-refractivity contribution is 7.92. The molecule has 0 aromatic heterocycles. The van der Waals surface area contributed by atoms with Gasteiger partial charge in [0.1, 0.15) is 5.25 Å². The molecule has 0 saturated heterocycles. The van der Waals surface area contributed by atoms with Crippen molar-refractivity contribution in [2.75, 3.05) is 5.32 Å². The predicted octanol–water partition coefficient (Wildman–Crippen LogP) is 4.30. The van der Waals surface area contributed by atoms with E-state index >= 15 is 0 Å². The first-order valence-electron chi connectivity index (χ1n) is 7.44. The van der Waals surface area contributed by atoms with Crippen molar-refractivity contribution in [2.45, 2.75) is 24.1 Å². The number of benzene rings is 2. The largest absolute Gasteiger partial charge is 0.416 e. The van der Waals surface area contributed by atoms with Crippen molar-refractivity contribution in [3.8, 4) is 0 Å². The number of amides is 1. The number of rotatable bonds is 5. The summed E-state index contributed by atoms with van der Waals surface area (Å²) in [4.78, 5) is 12.2. The van der Waals surface area contributed by atoms with Gasteiger partial charge in [-0.2, -0.15) is 13.2 Å². The lowest BCUT2D eigenvalue weighted by Crippen LogP contribution is -2.33. The number of hydrogen-bond acceptors (Lipinski definition) is 3. The van der Waals surface area contributed by atoms with Crippen LogP contribution in [-0.4, -0.2) is 19.6 Å². The third-order valence-electron chi connectivity index (χ3n) is 3.70. The molecule has 0 heterocycles. The molecule has 0 unspecified atom stereocenters. The van der Waals surface area contributed by atoms with Gasteiger partial charge in [-0.25, -0.2) is 8.42 Å². The van der Waals surface area contributed by atoms with Gasteiger partial charge in [0.15, 0.2) is 9.84 Å². The third kappa shape index (κ3) is 4.98. The first-order chi connectivity index (χ1) is 12.0. The van der Waals surface area contributed by atoms with Gasteiger partial charge in [0.05, 0.1) is 11.3 Å². The lowest BCUT2D eigenvalue weighted by molar-refractivity contribution is -0.138. The summed E-state index contributed by atoms with van der Waals surface area (Å²) < 4.78 is 63.9. The van der Waals surface area contributed by atoms with Crippen LogP contribution in [0.15, 0.2) is 48.5 Å². The molecular formula is C17H15ClF3NO3S. The fourth-order valence-electron chi connectivity index (χ4n) is 2.20. The molecule has 0 saturated carbocycles. The van der Waals surface area contributed by atoms with Gasteiger partial charge in [-0.1, -0.05) is 29.8 Å². The number of hydrogen-bond donors (Lipinski definition) is 1. The average Bonchev–Trinajstić information content (AvgIpc) is 2.55. The molecule has 2 aromatic carbocycles. The van der Waals surface area contributed by atoms with Crippen LogP contribution in [0.25, 0.3) is 0 Å². The van der Waals surface area contributed by atoms with Gasteiger partial charge in [0.2, 0.25) is 5.91 Å². The third-order valence-corrected chi connectivity index (χ3v) is 5.96. The molecule has 0 spiro atoms. The van der Waals surface area contributed by atoms with Gasteiger partial charge in [-0.3, -0.25) is 4.79 Å². The van der Waals surface area contributed by atoms with Crippen LogP contribution in [0.1, 0.15) is 18.1 Å². The SMILES string of the molecule is C[C@@H](C(=O)Nc1ccc(Cl)cc1)S(=O)(=O)Cc1ccccc1C(F)(F)F. The number of nitrogens with one attached hydrogen (secondary N) is 1. The molecule has 140 valence electrons. The molecule has 0 aliphatic heterocycles. The number of halogens is 4. The van der Waals surface area contributed by atoms with E-state index in [4.69, 9.17) is 11.6 Å². The van der Waals surface area contributed by atoms with Crippen molar-refractivity contribution in [1.29, 1.82) is 0 Å². The van der Waals surface area contributed by atoms with Crippen LogP contribution in [0.2, 0.25) is 5.02 Å². The zero-order valence-corrected chi connectivity index (χ0v) is 15.1. The number of anilines is 1. The molecule has 0 aliphatic rings. The Kier molecular flexibility index (Phi) is 5.98. The molecular weight excluding hydrogens is 391 g/mol. The van der Waals surface area contributed by atoms with E-state index < -0.39 is 44.1 Å². The zero-order valence-electron chi connectivity index (χ0n) is 13.5. The molecule has 0 fully saturated rings. The van der Waals surface area contributed by atoms with E-state index in [1.807, 2.05) is 0 Å². The Morgan fingerprint density at radius 3 is 2.27 bits per heavy atom. The predicted molar refractivity (Wildman–Crippen MR) is 93.6 cm³/mol. The van der Waals surface area contributed by atoms with Gasteiger partial charge in [-0.15, -0.1) is 0 Å². The Morgan fingerprint density at radius 2 is 1.69 bits per heavy atom. The number of carbonyl (C=O) groups excluding carboxylic acids is 1. The molecule has 4 nitrogen and oxygen atoms in total. The van der Waals surface area contributed by atoms with Crippen LogP contribution in [0.5, 0.6) is 0 Å². The second-order valence-electron chi connectivity index (χ2n) is 5.60. The van der Waals surface area contributed by atoms with Gasteiger partial charge in [0, 0.05) is 10.7 Å². The Bertz CT molecular complexity index is 896. The van der Waals surface area contributed by atoms with Crippen molar-refractivity contribution >= 4 is 33.0 Å². The summed E-state index contributed by atoms with van der Waals surface area (Å²) in [7, 11) is -4.16. The van der Waals surface area contributed by atoms with E-state index in [1.165, 1.54) is 36.4 Å². The molecule has 1 amide bonds. The van der Waals surface area contributed by atoms with E-state index in [0.717, 1.165) is 19.1 Å². The minimum absolute atomic E-state index is 0.331. The van der Waals surface area contributed by atoms with Crippen molar-refractivity contribution in [2.24, 2.45) is 0 Å². The maximum absolute atomic E-state index is 13.0. The highest BCUT2D eigenvalue weighted by atomic mass is 35.5. The maximum atomic E-state index is 13.0. The van der Waals surface area contributed by atoms with E-state index in [0.29, 0.717) is 10.7 Å². The summed E-state index contributed by atoms with van der Waals surface area (Å²) in [6.07, 6.45) is -4.68. The maximum Gasteiger partial charge on any atom is 0.416 e. The average molecular weight is 406 g/mol. The van der Waals surface area contributed by atoms with Gasteiger partial charge < -0.3 is 5.32 Å².